The summed E-state index contributed by atoms with van der Waals surface area (Å²) in [4.78, 5) is 7.02. The molecule has 4 heteroatoms. The van der Waals surface area contributed by atoms with E-state index >= 15 is 0 Å². The maximum absolute atomic E-state index is 4.38. The lowest BCUT2D eigenvalue weighted by Crippen LogP contribution is -2.35. The third-order valence-electron chi connectivity index (χ3n) is 5.21. The van der Waals surface area contributed by atoms with E-state index in [9.17, 15) is 0 Å². The molecule has 0 unspecified atom stereocenters. The van der Waals surface area contributed by atoms with Crippen molar-refractivity contribution in [2.75, 3.05) is 13.1 Å². The Morgan fingerprint density at radius 1 is 1.18 bits per heavy atom. The monoisotopic (exact) mass is 313 g/mol. The van der Waals surface area contributed by atoms with Gasteiger partial charge in [-0.3, -0.25) is 4.90 Å². The number of rotatable bonds is 5. The fourth-order valence-corrected chi connectivity index (χ4v) is 4.70. The van der Waals surface area contributed by atoms with Crippen LogP contribution in [0, 0.1) is 11.8 Å². The highest BCUT2D eigenvalue weighted by molar-refractivity contribution is 7.07. The van der Waals surface area contributed by atoms with Gasteiger partial charge in [0, 0.05) is 37.6 Å². The molecule has 1 N–H and O–H groups in total. The van der Waals surface area contributed by atoms with Crippen LogP contribution in [0.1, 0.15) is 24.1 Å². The molecule has 0 amide bonds. The molecule has 1 saturated heterocycles. The summed E-state index contributed by atoms with van der Waals surface area (Å²) in [6.45, 7) is 4.55. The second-order valence-electron chi connectivity index (χ2n) is 6.65. The van der Waals surface area contributed by atoms with Crippen molar-refractivity contribution < 1.29 is 0 Å². The highest BCUT2D eigenvalue weighted by Gasteiger charge is 2.42. The van der Waals surface area contributed by atoms with Gasteiger partial charge in [-0.05, 0) is 30.2 Å². The second kappa shape index (κ2) is 6.49. The maximum atomic E-state index is 4.38. The minimum absolute atomic E-state index is 0.674. The average Bonchev–Trinajstić information content (AvgIpc) is 3.24. The topological polar surface area (TPSA) is 28.2 Å². The highest BCUT2D eigenvalue weighted by atomic mass is 32.1. The number of thiazole rings is 1. The van der Waals surface area contributed by atoms with Crippen molar-refractivity contribution in [2.45, 2.75) is 32.0 Å². The molecular weight excluding hydrogens is 290 g/mol. The van der Waals surface area contributed by atoms with Crippen molar-refractivity contribution in [3.8, 4) is 0 Å². The summed E-state index contributed by atoms with van der Waals surface area (Å²) in [5.41, 5.74) is 4.55. The first-order chi connectivity index (χ1) is 10.9. The van der Waals surface area contributed by atoms with E-state index in [0.717, 1.165) is 24.9 Å². The van der Waals surface area contributed by atoms with Crippen molar-refractivity contribution in [3.63, 3.8) is 0 Å². The summed E-state index contributed by atoms with van der Waals surface area (Å²) >= 11 is 1.68. The van der Waals surface area contributed by atoms with Gasteiger partial charge in [0.15, 0.2) is 0 Å². The molecule has 1 saturated carbocycles. The van der Waals surface area contributed by atoms with Crippen LogP contribution in [0.15, 0.2) is 41.2 Å². The van der Waals surface area contributed by atoms with Crippen LogP contribution in [0.2, 0.25) is 0 Å². The predicted octanol–water partition coefficient (Wildman–Crippen LogP) is 3.14. The van der Waals surface area contributed by atoms with Crippen LogP contribution < -0.4 is 5.32 Å². The van der Waals surface area contributed by atoms with Gasteiger partial charge in [-0.2, -0.15) is 0 Å². The first kappa shape index (κ1) is 14.4. The Labute approximate surface area is 136 Å². The largest absolute Gasteiger partial charge is 0.308 e. The van der Waals surface area contributed by atoms with Gasteiger partial charge in [-0.1, -0.05) is 30.3 Å². The van der Waals surface area contributed by atoms with Crippen LogP contribution in [-0.2, 0) is 13.1 Å². The molecule has 116 valence electrons. The zero-order valence-corrected chi connectivity index (χ0v) is 13.6. The average molecular weight is 313 g/mol. The minimum Gasteiger partial charge on any atom is -0.308 e. The summed E-state index contributed by atoms with van der Waals surface area (Å²) < 4.78 is 0. The molecule has 3 nitrogen and oxygen atoms in total. The number of benzene rings is 1. The normalized spacial score (nSPS) is 28.1. The lowest BCUT2D eigenvalue weighted by atomic mass is 9.98. The Morgan fingerprint density at radius 3 is 2.91 bits per heavy atom. The van der Waals surface area contributed by atoms with Crippen molar-refractivity contribution >= 4 is 11.3 Å². The zero-order valence-electron chi connectivity index (χ0n) is 12.8. The fourth-order valence-electron chi connectivity index (χ4n) is 4.14. The van der Waals surface area contributed by atoms with E-state index in [-0.39, 0.29) is 0 Å². The number of hydrogen-bond acceptors (Lipinski definition) is 4. The van der Waals surface area contributed by atoms with Crippen LogP contribution in [0.5, 0.6) is 0 Å². The van der Waals surface area contributed by atoms with Crippen LogP contribution in [-0.4, -0.2) is 29.0 Å². The highest BCUT2D eigenvalue weighted by Crippen LogP contribution is 2.38. The summed E-state index contributed by atoms with van der Waals surface area (Å²) in [7, 11) is 0. The van der Waals surface area contributed by atoms with Gasteiger partial charge in [-0.15, -0.1) is 11.3 Å². The molecule has 4 rings (SSSR count). The van der Waals surface area contributed by atoms with E-state index in [0.29, 0.717) is 6.04 Å². The molecule has 3 atom stereocenters. The molecule has 1 aromatic carbocycles. The van der Waals surface area contributed by atoms with Gasteiger partial charge >= 0.3 is 0 Å². The molecule has 1 aliphatic heterocycles. The fraction of sp³-hybridized carbons (Fsp3) is 0.500. The van der Waals surface area contributed by atoms with E-state index in [1.54, 1.807) is 11.3 Å². The van der Waals surface area contributed by atoms with E-state index in [2.05, 4.69) is 50.9 Å². The number of nitrogens with zero attached hydrogens (tertiary/aromatic N) is 2. The molecule has 2 aromatic rings. The Hall–Kier alpha value is -1.23. The molecule has 0 bridgehead atoms. The maximum Gasteiger partial charge on any atom is 0.0795 e. The second-order valence-corrected chi connectivity index (χ2v) is 7.37. The smallest absolute Gasteiger partial charge is 0.0795 e. The van der Waals surface area contributed by atoms with E-state index < -0.39 is 0 Å². The van der Waals surface area contributed by atoms with Gasteiger partial charge in [0.05, 0.1) is 11.2 Å². The van der Waals surface area contributed by atoms with Crippen molar-refractivity contribution in [1.82, 2.24) is 15.2 Å². The molecule has 0 spiro atoms. The molecule has 1 aliphatic carbocycles. The molecule has 22 heavy (non-hydrogen) atoms. The first-order valence-corrected chi connectivity index (χ1v) is 9.19. The quantitative estimate of drug-likeness (QED) is 0.919. The Balaban J connectivity index is 1.33. The molecule has 2 heterocycles. The number of likely N-dealkylation sites (tertiary alicyclic amines) is 1. The lowest BCUT2D eigenvalue weighted by Gasteiger charge is -2.21. The molecule has 2 fully saturated rings. The van der Waals surface area contributed by atoms with Crippen LogP contribution in [0.4, 0.5) is 0 Å². The Bertz CT molecular complexity index is 584. The van der Waals surface area contributed by atoms with E-state index in [1.165, 1.54) is 37.2 Å². The number of aromatic nitrogens is 1. The van der Waals surface area contributed by atoms with Crippen LogP contribution in [0.3, 0.4) is 0 Å². The summed E-state index contributed by atoms with van der Waals surface area (Å²) in [5, 5.41) is 5.91. The van der Waals surface area contributed by atoms with Gasteiger partial charge < -0.3 is 5.32 Å². The van der Waals surface area contributed by atoms with Crippen molar-refractivity contribution in [3.05, 3.63) is 52.5 Å². The summed E-state index contributed by atoms with van der Waals surface area (Å²) in [6, 6.07) is 11.5. The number of fused-ring (bicyclic) bond motifs is 1. The standard InChI is InChI=1S/C18H23N3S/c1-2-4-14(5-3-1)9-21-10-15-6-7-18(17(15)11-21)19-8-16-12-22-13-20-16/h1-5,12-13,15,17-19H,6-11H2/t15-,17-,18+/m0/s1. The Kier molecular flexibility index (Phi) is 4.24. The molecule has 2 aliphatic rings. The van der Waals surface area contributed by atoms with Crippen molar-refractivity contribution in [2.24, 2.45) is 11.8 Å². The third-order valence-corrected chi connectivity index (χ3v) is 5.85. The van der Waals surface area contributed by atoms with Gasteiger partial charge in [0.2, 0.25) is 0 Å². The Morgan fingerprint density at radius 2 is 2.09 bits per heavy atom. The minimum atomic E-state index is 0.674. The van der Waals surface area contributed by atoms with E-state index in [4.69, 9.17) is 0 Å². The van der Waals surface area contributed by atoms with Crippen LogP contribution >= 0.6 is 11.3 Å². The third kappa shape index (κ3) is 3.09. The first-order valence-electron chi connectivity index (χ1n) is 8.25. The number of hydrogen-bond donors (Lipinski definition) is 1. The predicted molar refractivity (Wildman–Crippen MR) is 90.7 cm³/mol. The zero-order chi connectivity index (χ0) is 14.8. The summed E-state index contributed by atoms with van der Waals surface area (Å²) in [6.07, 6.45) is 2.71. The lowest BCUT2D eigenvalue weighted by molar-refractivity contribution is 0.288. The van der Waals surface area contributed by atoms with Gasteiger partial charge in [0.25, 0.3) is 0 Å². The SMILES string of the molecule is c1ccc(CN2C[C@@H]3CC[C@@H](NCc4cscn4)[C@H]3C2)cc1. The van der Waals surface area contributed by atoms with Crippen molar-refractivity contribution in [1.29, 1.82) is 0 Å². The van der Waals surface area contributed by atoms with Gasteiger partial charge in [-0.25, -0.2) is 4.98 Å². The number of nitrogens with one attached hydrogen (secondary N) is 1. The molecule has 1 aromatic heterocycles. The molecular formula is C18H23N3S. The van der Waals surface area contributed by atoms with Crippen LogP contribution in [0.25, 0.3) is 0 Å². The molecule has 0 radical (unpaired) electrons. The summed E-state index contributed by atoms with van der Waals surface area (Å²) in [5.74, 6) is 1.71. The van der Waals surface area contributed by atoms with E-state index in [1.807, 2.05) is 5.51 Å². The van der Waals surface area contributed by atoms with Gasteiger partial charge in [0.1, 0.15) is 0 Å².